The molecule has 1 N–H and O–H groups in total. The van der Waals surface area contributed by atoms with Crippen LogP contribution in [0.4, 0.5) is 4.79 Å². The van der Waals surface area contributed by atoms with E-state index < -0.39 is 5.54 Å². The Bertz CT molecular complexity index is 688. The second-order valence-electron chi connectivity index (χ2n) is 6.54. The molecule has 0 saturated carbocycles. The van der Waals surface area contributed by atoms with Gasteiger partial charge in [-0.1, -0.05) is 31.2 Å². The van der Waals surface area contributed by atoms with E-state index in [-0.39, 0.29) is 24.4 Å². The summed E-state index contributed by atoms with van der Waals surface area (Å²) in [6, 6.07) is 7.46. The van der Waals surface area contributed by atoms with E-state index in [1.54, 1.807) is 4.90 Å². The first kappa shape index (κ1) is 16.5. The van der Waals surface area contributed by atoms with Crippen LogP contribution in [0.2, 0.25) is 0 Å². The molecule has 0 bridgehead atoms. The van der Waals surface area contributed by atoms with Crippen molar-refractivity contribution in [3.8, 4) is 0 Å². The number of hydrogen-bond donors (Lipinski definition) is 1. The van der Waals surface area contributed by atoms with Gasteiger partial charge in [0.15, 0.2) is 0 Å². The number of benzene rings is 1. The van der Waals surface area contributed by atoms with Crippen molar-refractivity contribution in [1.29, 1.82) is 0 Å². The van der Waals surface area contributed by atoms with Crippen molar-refractivity contribution in [2.45, 2.75) is 51.7 Å². The van der Waals surface area contributed by atoms with Crippen molar-refractivity contribution in [2.24, 2.45) is 0 Å². The maximum absolute atomic E-state index is 12.9. The summed E-state index contributed by atoms with van der Waals surface area (Å²) in [4.78, 5) is 39.7. The summed E-state index contributed by atoms with van der Waals surface area (Å²) in [5.41, 5.74) is 1.23. The molecule has 1 aromatic rings. The second-order valence-corrected chi connectivity index (χ2v) is 6.54. The maximum atomic E-state index is 12.9. The van der Waals surface area contributed by atoms with Crippen molar-refractivity contribution in [3.63, 3.8) is 0 Å². The van der Waals surface area contributed by atoms with Crippen LogP contribution in [0, 0.1) is 0 Å². The minimum absolute atomic E-state index is 0.0697. The Kier molecular flexibility index (Phi) is 4.30. The van der Waals surface area contributed by atoms with Crippen molar-refractivity contribution in [3.05, 3.63) is 35.4 Å². The molecule has 0 spiro atoms. The first-order valence-corrected chi connectivity index (χ1v) is 8.44. The Labute approximate surface area is 141 Å². The van der Waals surface area contributed by atoms with Crippen LogP contribution in [0.1, 0.15) is 44.2 Å². The summed E-state index contributed by atoms with van der Waals surface area (Å²) in [5, 5.41) is 2.75. The number of hydrogen-bond acceptors (Lipinski definition) is 3. The Morgan fingerprint density at radius 3 is 2.71 bits per heavy atom. The van der Waals surface area contributed by atoms with Gasteiger partial charge < -0.3 is 10.2 Å². The fourth-order valence-corrected chi connectivity index (χ4v) is 3.77. The topological polar surface area (TPSA) is 69.7 Å². The van der Waals surface area contributed by atoms with Gasteiger partial charge >= 0.3 is 6.03 Å². The van der Waals surface area contributed by atoms with Gasteiger partial charge in [0.05, 0.1) is 6.54 Å². The minimum Gasteiger partial charge on any atom is -0.352 e. The van der Waals surface area contributed by atoms with Crippen molar-refractivity contribution in [2.75, 3.05) is 6.54 Å². The summed E-state index contributed by atoms with van der Waals surface area (Å²) in [7, 11) is 0. The number of urea groups is 1. The average molecular weight is 329 g/mol. The van der Waals surface area contributed by atoms with Gasteiger partial charge in [-0.2, -0.15) is 0 Å². The molecule has 0 unspecified atom stereocenters. The van der Waals surface area contributed by atoms with E-state index in [1.165, 1.54) is 11.8 Å². The lowest BCUT2D eigenvalue weighted by molar-refractivity contribution is -0.133. The molecule has 24 heavy (non-hydrogen) atoms. The molecule has 2 aliphatic rings. The zero-order valence-corrected chi connectivity index (χ0v) is 14.2. The van der Waals surface area contributed by atoms with Crippen molar-refractivity contribution >= 4 is 17.8 Å². The molecule has 2 fully saturated rings. The monoisotopic (exact) mass is 329 g/mol. The van der Waals surface area contributed by atoms with Crippen LogP contribution in [0.25, 0.3) is 0 Å². The molecule has 2 aliphatic heterocycles. The quantitative estimate of drug-likeness (QED) is 0.840. The molecule has 1 aromatic carbocycles. The lowest BCUT2D eigenvalue weighted by atomic mass is 9.93. The number of imide groups is 1. The molecule has 0 aliphatic carbocycles. The minimum atomic E-state index is -0.620. The van der Waals surface area contributed by atoms with Gasteiger partial charge in [0, 0.05) is 20.0 Å². The number of nitrogens with one attached hydrogen (secondary N) is 1. The summed E-state index contributed by atoms with van der Waals surface area (Å²) in [6.07, 6.45) is 2.31. The lowest BCUT2D eigenvalue weighted by Crippen LogP contribution is -2.44. The Morgan fingerprint density at radius 2 is 2.04 bits per heavy atom. The average Bonchev–Trinajstić information content (AvgIpc) is 3.08. The molecule has 6 nitrogen and oxygen atoms in total. The van der Waals surface area contributed by atoms with E-state index in [9.17, 15) is 14.4 Å². The van der Waals surface area contributed by atoms with E-state index in [1.807, 2.05) is 31.2 Å². The van der Waals surface area contributed by atoms with Gasteiger partial charge in [-0.05, 0) is 30.4 Å². The maximum Gasteiger partial charge on any atom is 0.327 e. The van der Waals surface area contributed by atoms with Crippen LogP contribution in [0.3, 0.4) is 0 Å². The molecule has 6 heteroatoms. The van der Waals surface area contributed by atoms with Gasteiger partial charge in [-0.3, -0.25) is 14.5 Å². The van der Waals surface area contributed by atoms with E-state index in [2.05, 4.69) is 5.32 Å². The Morgan fingerprint density at radius 1 is 1.29 bits per heavy atom. The van der Waals surface area contributed by atoms with E-state index in [0.29, 0.717) is 19.5 Å². The van der Waals surface area contributed by atoms with Gasteiger partial charge in [-0.25, -0.2) is 4.79 Å². The summed E-state index contributed by atoms with van der Waals surface area (Å²) in [5.74, 6) is -0.157. The highest BCUT2D eigenvalue weighted by molar-refractivity contribution is 6.07. The molecule has 4 amide bonds. The first-order valence-electron chi connectivity index (χ1n) is 8.44. The largest absolute Gasteiger partial charge is 0.352 e. The number of carbonyl (C=O) groups excluding carboxylic acids is 3. The molecule has 3 rings (SSSR count). The SMILES string of the molecule is CC[C@]12CCCN1C(=O)N(Cc1cccc(CNC(C)=O)c1)C2=O. The Balaban J connectivity index is 1.77. The molecule has 2 saturated heterocycles. The van der Waals surface area contributed by atoms with Crippen LogP contribution >= 0.6 is 0 Å². The van der Waals surface area contributed by atoms with Crippen molar-refractivity contribution in [1.82, 2.24) is 15.1 Å². The predicted octanol–water partition coefficient (Wildman–Crippen LogP) is 2.03. The fraction of sp³-hybridized carbons (Fsp3) is 0.500. The lowest BCUT2D eigenvalue weighted by Gasteiger charge is -2.26. The van der Waals surface area contributed by atoms with Gasteiger partial charge in [0.25, 0.3) is 5.91 Å². The molecule has 2 heterocycles. The Hall–Kier alpha value is -2.37. The van der Waals surface area contributed by atoms with Gasteiger partial charge in [-0.15, -0.1) is 0 Å². The molecular weight excluding hydrogens is 306 g/mol. The summed E-state index contributed by atoms with van der Waals surface area (Å²) >= 11 is 0. The van der Waals surface area contributed by atoms with Crippen LogP contribution in [-0.4, -0.2) is 39.7 Å². The third-order valence-electron chi connectivity index (χ3n) is 5.05. The third kappa shape index (κ3) is 2.66. The van der Waals surface area contributed by atoms with Crippen LogP contribution in [0.5, 0.6) is 0 Å². The smallest absolute Gasteiger partial charge is 0.327 e. The van der Waals surface area contributed by atoms with Gasteiger partial charge in [0.2, 0.25) is 5.91 Å². The van der Waals surface area contributed by atoms with E-state index >= 15 is 0 Å². The van der Waals surface area contributed by atoms with Crippen LogP contribution < -0.4 is 5.32 Å². The summed E-state index contributed by atoms with van der Waals surface area (Å²) < 4.78 is 0. The molecule has 0 aromatic heterocycles. The van der Waals surface area contributed by atoms with Crippen LogP contribution in [-0.2, 0) is 22.7 Å². The number of fused-ring (bicyclic) bond motifs is 1. The first-order chi connectivity index (χ1) is 11.5. The predicted molar refractivity (Wildman–Crippen MR) is 88.9 cm³/mol. The number of carbonyl (C=O) groups is 3. The molecule has 1 atom stereocenters. The standard InChI is InChI=1S/C18H23N3O3/c1-3-18-8-5-9-21(18)17(24)20(16(18)23)12-15-7-4-6-14(10-15)11-19-13(2)22/h4,6-7,10H,3,5,8-9,11-12H2,1-2H3,(H,19,22)/t18-/m1/s1. The third-order valence-corrected chi connectivity index (χ3v) is 5.05. The highest BCUT2D eigenvalue weighted by Gasteiger charge is 2.58. The van der Waals surface area contributed by atoms with E-state index in [0.717, 1.165) is 24.0 Å². The molecular formula is C18H23N3O3. The van der Waals surface area contributed by atoms with Crippen LogP contribution in [0.15, 0.2) is 24.3 Å². The number of amides is 4. The normalized spacial score (nSPS) is 22.9. The highest BCUT2D eigenvalue weighted by Crippen LogP contribution is 2.40. The zero-order chi connectivity index (χ0) is 17.3. The molecule has 0 radical (unpaired) electrons. The van der Waals surface area contributed by atoms with E-state index in [4.69, 9.17) is 0 Å². The fourth-order valence-electron chi connectivity index (χ4n) is 3.77. The van der Waals surface area contributed by atoms with Crippen molar-refractivity contribution < 1.29 is 14.4 Å². The number of nitrogens with zero attached hydrogens (tertiary/aromatic N) is 2. The zero-order valence-electron chi connectivity index (χ0n) is 14.2. The second kappa shape index (κ2) is 6.26. The number of rotatable bonds is 5. The van der Waals surface area contributed by atoms with Gasteiger partial charge in [0.1, 0.15) is 5.54 Å². The highest BCUT2D eigenvalue weighted by atomic mass is 16.2. The molecule has 128 valence electrons. The summed E-state index contributed by atoms with van der Waals surface area (Å²) in [6.45, 7) is 4.83.